The number of methoxy groups -OCH3 is 1. The number of carbonyl (C=O) groups excluding carboxylic acids is 1. The minimum absolute atomic E-state index is 0.0157. The number of ether oxygens (including phenoxy) is 2. The number of rotatable bonds is 4. The monoisotopic (exact) mass is 289 g/mol. The first-order chi connectivity index (χ1) is 10.2. The number of phenols is 1. The standard InChI is InChI=1S/C15H15NO5/c1-19-8-20-11-6-2-4-9(17)13(11)15-14-10(18)5-3-7-12(14)21-16-15/h2,4,6,17H,3,5,7-8H2,1H3. The molecule has 6 heteroatoms. The molecule has 6 nitrogen and oxygen atoms in total. The van der Waals surface area contributed by atoms with Gasteiger partial charge in [0.15, 0.2) is 12.6 Å². The highest BCUT2D eigenvalue weighted by Crippen LogP contribution is 2.41. The molecule has 0 spiro atoms. The van der Waals surface area contributed by atoms with E-state index in [1.807, 2.05) is 0 Å². The molecule has 0 atom stereocenters. The van der Waals surface area contributed by atoms with Crippen molar-refractivity contribution >= 4 is 5.78 Å². The Hall–Kier alpha value is -2.34. The molecule has 0 amide bonds. The summed E-state index contributed by atoms with van der Waals surface area (Å²) in [6.45, 7) is 0.0322. The molecule has 1 aliphatic rings. The number of hydrogen-bond acceptors (Lipinski definition) is 6. The second-order valence-electron chi connectivity index (χ2n) is 4.81. The predicted octanol–water partition coefficient (Wildman–Crippen LogP) is 2.55. The summed E-state index contributed by atoms with van der Waals surface area (Å²) in [5.41, 5.74) is 1.14. The van der Waals surface area contributed by atoms with Gasteiger partial charge in [-0.1, -0.05) is 11.2 Å². The first kappa shape index (κ1) is 13.6. The zero-order valence-corrected chi connectivity index (χ0v) is 11.6. The van der Waals surface area contributed by atoms with Gasteiger partial charge in [0.05, 0.1) is 11.1 Å². The van der Waals surface area contributed by atoms with Crippen LogP contribution in [0.2, 0.25) is 0 Å². The van der Waals surface area contributed by atoms with Gasteiger partial charge in [0.1, 0.15) is 23.0 Å². The number of hydrogen-bond donors (Lipinski definition) is 1. The molecule has 0 bridgehead atoms. The Morgan fingerprint density at radius 2 is 2.19 bits per heavy atom. The molecule has 2 aromatic rings. The Morgan fingerprint density at radius 3 is 3.00 bits per heavy atom. The lowest BCUT2D eigenvalue weighted by molar-refractivity contribution is 0.0514. The molecule has 3 rings (SSSR count). The number of nitrogens with zero attached hydrogens (tertiary/aromatic N) is 1. The maximum atomic E-state index is 12.1. The second kappa shape index (κ2) is 5.57. The topological polar surface area (TPSA) is 81.8 Å². The molecule has 1 aliphatic carbocycles. The summed E-state index contributed by atoms with van der Waals surface area (Å²) in [7, 11) is 1.50. The molecule has 0 saturated carbocycles. The summed E-state index contributed by atoms with van der Waals surface area (Å²) in [5, 5.41) is 14.1. The lowest BCUT2D eigenvalue weighted by atomic mass is 9.92. The van der Waals surface area contributed by atoms with Crippen LogP contribution in [0.5, 0.6) is 11.5 Å². The van der Waals surface area contributed by atoms with Crippen LogP contribution >= 0.6 is 0 Å². The highest BCUT2D eigenvalue weighted by Gasteiger charge is 2.29. The van der Waals surface area contributed by atoms with Crippen LogP contribution in [0.1, 0.15) is 29.0 Å². The first-order valence-corrected chi connectivity index (χ1v) is 6.68. The van der Waals surface area contributed by atoms with E-state index in [9.17, 15) is 9.90 Å². The van der Waals surface area contributed by atoms with E-state index in [0.717, 1.165) is 6.42 Å². The quantitative estimate of drug-likeness (QED) is 0.871. The molecule has 1 aromatic heterocycles. The van der Waals surface area contributed by atoms with E-state index >= 15 is 0 Å². The minimum atomic E-state index is -0.0200. The molecule has 21 heavy (non-hydrogen) atoms. The van der Waals surface area contributed by atoms with Crippen LogP contribution in [0.25, 0.3) is 11.3 Å². The molecular weight excluding hydrogens is 274 g/mol. The maximum Gasteiger partial charge on any atom is 0.188 e. The lowest BCUT2D eigenvalue weighted by Crippen LogP contribution is -2.09. The lowest BCUT2D eigenvalue weighted by Gasteiger charge is -2.13. The van der Waals surface area contributed by atoms with Crippen molar-refractivity contribution in [2.75, 3.05) is 13.9 Å². The summed E-state index contributed by atoms with van der Waals surface area (Å²) in [4.78, 5) is 12.1. The van der Waals surface area contributed by atoms with E-state index in [2.05, 4.69) is 5.16 Å². The van der Waals surface area contributed by atoms with Crippen molar-refractivity contribution in [1.29, 1.82) is 0 Å². The molecule has 0 aliphatic heterocycles. The van der Waals surface area contributed by atoms with E-state index in [-0.39, 0.29) is 18.3 Å². The average Bonchev–Trinajstić information content (AvgIpc) is 2.90. The molecule has 110 valence electrons. The third kappa shape index (κ3) is 2.38. The smallest absolute Gasteiger partial charge is 0.188 e. The van der Waals surface area contributed by atoms with Crippen LogP contribution in [0.15, 0.2) is 22.7 Å². The molecule has 0 radical (unpaired) electrons. The number of aryl methyl sites for hydroxylation is 1. The van der Waals surface area contributed by atoms with Crippen LogP contribution in [0.4, 0.5) is 0 Å². The Balaban J connectivity index is 2.13. The number of Topliss-reactive ketones (excluding diaryl/α,β-unsaturated/α-hetero) is 1. The van der Waals surface area contributed by atoms with Crippen LogP contribution in [0, 0.1) is 0 Å². The van der Waals surface area contributed by atoms with Gasteiger partial charge < -0.3 is 19.1 Å². The van der Waals surface area contributed by atoms with Crippen LogP contribution in [-0.2, 0) is 11.2 Å². The van der Waals surface area contributed by atoms with Crippen molar-refractivity contribution in [3.8, 4) is 22.8 Å². The van der Waals surface area contributed by atoms with Gasteiger partial charge in [0.25, 0.3) is 0 Å². The van der Waals surface area contributed by atoms with E-state index in [1.54, 1.807) is 12.1 Å². The van der Waals surface area contributed by atoms with Gasteiger partial charge in [-0.3, -0.25) is 4.79 Å². The molecule has 1 heterocycles. The minimum Gasteiger partial charge on any atom is -0.507 e. The third-order valence-corrected chi connectivity index (χ3v) is 3.42. The van der Waals surface area contributed by atoms with Gasteiger partial charge >= 0.3 is 0 Å². The molecule has 1 aromatic carbocycles. The number of phenolic OH excluding ortho intramolecular Hbond substituents is 1. The van der Waals surface area contributed by atoms with Crippen LogP contribution < -0.4 is 4.74 Å². The Kier molecular flexibility index (Phi) is 3.62. The van der Waals surface area contributed by atoms with E-state index in [1.165, 1.54) is 13.2 Å². The zero-order valence-electron chi connectivity index (χ0n) is 11.6. The third-order valence-electron chi connectivity index (χ3n) is 3.42. The summed E-state index contributed by atoms with van der Waals surface area (Å²) in [6.07, 6.45) is 1.90. The van der Waals surface area contributed by atoms with E-state index < -0.39 is 0 Å². The maximum absolute atomic E-state index is 12.1. The summed E-state index contributed by atoms with van der Waals surface area (Å²) in [5.74, 6) is 0.931. The normalized spacial score (nSPS) is 14.0. The van der Waals surface area contributed by atoms with Crippen molar-refractivity contribution in [1.82, 2.24) is 5.16 Å². The van der Waals surface area contributed by atoms with Crippen LogP contribution in [-0.4, -0.2) is 29.9 Å². The zero-order chi connectivity index (χ0) is 14.8. The van der Waals surface area contributed by atoms with Gasteiger partial charge in [-0.15, -0.1) is 0 Å². The number of fused-ring (bicyclic) bond motifs is 1. The summed E-state index contributed by atoms with van der Waals surface area (Å²) >= 11 is 0. The molecule has 0 saturated heterocycles. The van der Waals surface area contributed by atoms with Gasteiger partial charge in [-0.05, 0) is 18.6 Å². The SMILES string of the molecule is COCOc1cccc(O)c1-c1noc2c1C(=O)CCC2. The van der Waals surface area contributed by atoms with Crippen molar-refractivity contribution in [2.24, 2.45) is 0 Å². The fourth-order valence-electron chi connectivity index (χ4n) is 2.49. The van der Waals surface area contributed by atoms with E-state index in [4.69, 9.17) is 14.0 Å². The molecule has 1 N–H and O–H groups in total. The van der Waals surface area contributed by atoms with E-state index in [0.29, 0.717) is 41.2 Å². The Morgan fingerprint density at radius 1 is 1.33 bits per heavy atom. The predicted molar refractivity (Wildman–Crippen MR) is 73.4 cm³/mol. The Bertz CT molecular complexity index is 677. The fourth-order valence-corrected chi connectivity index (χ4v) is 2.49. The molecule has 0 fully saturated rings. The van der Waals surface area contributed by atoms with Gasteiger partial charge in [0, 0.05) is 20.0 Å². The van der Waals surface area contributed by atoms with Gasteiger partial charge in [-0.2, -0.15) is 0 Å². The number of carbonyl (C=O) groups is 1. The van der Waals surface area contributed by atoms with Crippen molar-refractivity contribution in [3.05, 3.63) is 29.5 Å². The highest BCUT2D eigenvalue weighted by atomic mass is 16.7. The Labute approximate surface area is 121 Å². The van der Waals surface area contributed by atoms with Gasteiger partial charge in [0.2, 0.25) is 0 Å². The average molecular weight is 289 g/mol. The van der Waals surface area contributed by atoms with Crippen molar-refractivity contribution in [2.45, 2.75) is 19.3 Å². The number of aromatic nitrogens is 1. The molecule has 0 unspecified atom stereocenters. The van der Waals surface area contributed by atoms with Crippen LogP contribution in [0.3, 0.4) is 0 Å². The second-order valence-corrected chi connectivity index (χ2v) is 4.81. The summed E-state index contributed by atoms with van der Waals surface area (Å²) < 4.78 is 15.6. The van der Waals surface area contributed by atoms with Crippen molar-refractivity contribution < 1.29 is 23.9 Å². The summed E-state index contributed by atoms with van der Waals surface area (Å²) in [6, 6.07) is 4.85. The molecular formula is C15H15NO5. The largest absolute Gasteiger partial charge is 0.507 e. The fraction of sp³-hybridized carbons (Fsp3) is 0.333. The number of ketones is 1. The number of benzene rings is 1. The van der Waals surface area contributed by atoms with Gasteiger partial charge in [-0.25, -0.2) is 0 Å². The highest BCUT2D eigenvalue weighted by molar-refractivity contribution is 6.04. The van der Waals surface area contributed by atoms with Crippen molar-refractivity contribution in [3.63, 3.8) is 0 Å². The first-order valence-electron chi connectivity index (χ1n) is 6.68. The number of aromatic hydroxyl groups is 1.